The number of aromatic nitrogens is 2. The van der Waals surface area contributed by atoms with Crippen molar-refractivity contribution in [3.63, 3.8) is 0 Å². The lowest BCUT2D eigenvalue weighted by atomic mass is 10.00. The fraction of sp³-hybridized carbons (Fsp3) is 0. The lowest BCUT2D eigenvalue weighted by Crippen LogP contribution is -1.99. The number of nitrogen functional groups attached to an aromatic ring is 2. The molecular weight excluding hydrogens is 272 g/mol. The van der Waals surface area contributed by atoms with E-state index in [1.165, 1.54) is 0 Å². The van der Waals surface area contributed by atoms with Gasteiger partial charge < -0.3 is 11.5 Å². The van der Waals surface area contributed by atoms with Gasteiger partial charge in [-0.15, -0.1) is 0 Å². The number of pyridine rings is 2. The van der Waals surface area contributed by atoms with Crippen molar-refractivity contribution in [2.75, 3.05) is 11.5 Å². The van der Waals surface area contributed by atoms with Gasteiger partial charge in [0.15, 0.2) is 0 Å². The Bertz CT molecular complexity index is 776. The van der Waals surface area contributed by atoms with Crippen LogP contribution >= 0.6 is 0 Å². The van der Waals surface area contributed by atoms with E-state index in [1.807, 2.05) is 48.5 Å². The van der Waals surface area contributed by atoms with Crippen LogP contribution in [0.15, 0.2) is 66.9 Å². The van der Waals surface area contributed by atoms with E-state index < -0.39 is 0 Å². The summed E-state index contributed by atoms with van der Waals surface area (Å²) in [6.07, 6.45) is 3.83. The standard InChI is InChI=1S/C18H16N4/c19-17-11-14(12-18(20)22-17)15(16-8-4-5-9-21-16)10-13-6-2-1-3-7-13/h1-12H,(H4,19,20,22)/b15-10-. The van der Waals surface area contributed by atoms with Crippen molar-refractivity contribution in [3.8, 4) is 0 Å². The van der Waals surface area contributed by atoms with E-state index in [0.717, 1.165) is 22.4 Å². The topological polar surface area (TPSA) is 77.8 Å². The minimum Gasteiger partial charge on any atom is -0.384 e. The Hall–Kier alpha value is -3.14. The highest BCUT2D eigenvalue weighted by Gasteiger charge is 2.09. The molecule has 0 unspecified atom stereocenters. The zero-order valence-electron chi connectivity index (χ0n) is 12.0. The third-order valence-corrected chi connectivity index (χ3v) is 3.23. The molecule has 0 fully saturated rings. The van der Waals surface area contributed by atoms with E-state index >= 15 is 0 Å². The number of benzene rings is 1. The van der Waals surface area contributed by atoms with Crippen LogP contribution in [0.5, 0.6) is 0 Å². The maximum Gasteiger partial charge on any atom is 0.126 e. The first-order valence-corrected chi connectivity index (χ1v) is 6.94. The van der Waals surface area contributed by atoms with Gasteiger partial charge in [0.2, 0.25) is 0 Å². The normalized spacial score (nSPS) is 11.4. The monoisotopic (exact) mass is 288 g/mol. The van der Waals surface area contributed by atoms with Gasteiger partial charge in [0.25, 0.3) is 0 Å². The molecule has 3 aromatic rings. The van der Waals surface area contributed by atoms with Gasteiger partial charge in [0, 0.05) is 11.8 Å². The summed E-state index contributed by atoms with van der Waals surface area (Å²) in [7, 11) is 0. The summed E-state index contributed by atoms with van der Waals surface area (Å²) in [4.78, 5) is 8.47. The van der Waals surface area contributed by atoms with Gasteiger partial charge in [-0.2, -0.15) is 0 Å². The molecule has 0 atom stereocenters. The van der Waals surface area contributed by atoms with Crippen molar-refractivity contribution >= 4 is 23.3 Å². The number of nitrogens with two attached hydrogens (primary N) is 2. The molecule has 0 aliphatic carbocycles. The molecular formula is C18H16N4. The SMILES string of the molecule is Nc1cc(/C(=C/c2ccccc2)c2ccccn2)cc(N)n1. The maximum absolute atomic E-state index is 5.83. The molecule has 3 rings (SSSR count). The summed E-state index contributed by atoms with van der Waals surface area (Å²) in [6, 6.07) is 19.5. The van der Waals surface area contributed by atoms with Crippen molar-refractivity contribution < 1.29 is 0 Å². The molecule has 22 heavy (non-hydrogen) atoms. The van der Waals surface area contributed by atoms with Crippen LogP contribution < -0.4 is 11.5 Å². The molecule has 0 radical (unpaired) electrons. The first-order valence-electron chi connectivity index (χ1n) is 6.94. The maximum atomic E-state index is 5.83. The first kappa shape index (κ1) is 13.8. The second-order valence-corrected chi connectivity index (χ2v) is 4.89. The Balaban J connectivity index is 2.17. The van der Waals surface area contributed by atoms with Crippen LogP contribution in [0.1, 0.15) is 16.8 Å². The molecule has 1 aromatic carbocycles. The minimum absolute atomic E-state index is 0.393. The molecule has 4 N–H and O–H groups in total. The summed E-state index contributed by atoms with van der Waals surface area (Å²) in [5.41, 5.74) is 15.4. The molecule has 2 aromatic heterocycles. The molecule has 4 nitrogen and oxygen atoms in total. The highest BCUT2D eigenvalue weighted by atomic mass is 14.9. The Labute approximate surface area is 129 Å². The Morgan fingerprint density at radius 3 is 2.18 bits per heavy atom. The second-order valence-electron chi connectivity index (χ2n) is 4.89. The predicted octanol–water partition coefficient (Wildman–Crippen LogP) is 3.23. The van der Waals surface area contributed by atoms with Crippen LogP contribution in [-0.2, 0) is 0 Å². The van der Waals surface area contributed by atoms with Gasteiger partial charge in [0.05, 0.1) is 5.69 Å². The number of hydrogen-bond acceptors (Lipinski definition) is 4. The fourth-order valence-electron chi connectivity index (χ4n) is 2.27. The summed E-state index contributed by atoms with van der Waals surface area (Å²) in [5.74, 6) is 0.787. The molecule has 4 heteroatoms. The van der Waals surface area contributed by atoms with Crippen molar-refractivity contribution in [1.29, 1.82) is 0 Å². The third-order valence-electron chi connectivity index (χ3n) is 3.23. The molecule has 0 amide bonds. The lowest BCUT2D eigenvalue weighted by Gasteiger charge is -2.09. The van der Waals surface area contributed by atoms with Crippen LogP contribution in [0.3, 0.4) is 0 Å². The number of anilines is 2. The van der Waals surface area contributed by atoms with E-state index in [2.05, 4.69) is 16.0 Å². The molecule has 0 bridgehead atoms. The first-order chi connectivity index (χ1) is 10.7. The summed E-state index contributed by atoms with van der Waals surface area (Å²) >= 11 is 0. The van der Waals surface area contributed by atoms with Crippen molar-refractivity contribution in [2.45, 2.75) is 0 Å². The Morgan fingerprint density at radius 1 is 0.864 bits per heavy atom. The number of hydrogen-bond donors (Lipinski definition) is 2. The highest BCUT2D eigenvalue weighted by molar-refractivity contribution is 5.91. The average Bonchev–Trinajstić information content (AvgIpc) is 2.53. The largest absolute Gasteiger partial charge is 0.384 e. The summed E-state index contributed by atoms with van der Waals surface area (Å²) < 4.78 is 0. The molecule has 2 heterocycles. The Morgan fingerprint density at radius 2 is 1.55 bits per heavy atom. The molecule has 0 aliphatic heterocycles. The number of rotatable bonds is 3. The van der Waals surface area contributed by atoms with Gasteiger partial charge in [-0.05, 0) is 41.5 Å². The fourth-order valence-corrected chi connectivity index (χ4v) is 2.27. The molecule has 0 saturated carbocycles. The van der Waals surface area contributed by atoms with Gasteiger partial charge in [-0.25, -0.2) is 4.98 Å². The van der Waals surface area contributed by atoms with Gasteiger partial charge in [0.1, 0.15) is 11.6 Å². The zero-order valence-corrected chi connectivity index (χ0v) is 12.0. The van der Waals surface area contributed by atoms with Crippen LogP contribution in [0.4, 0.5) is 11.6 Å². The smallest absolute Gasteiger partial charge is 0.126 e. The summed E-state index contributed by atoms with van der Waals surface area (Å²) in [6.45, 7) is 0. The third kappa shape index (κ3) is 3.12. The van der Waals surface area contributed by atoms with E-state index in [9.17, 15) is 0 Å². The molecule has 0 saturated heterocycles. The number of nitrogens with zero attached hydrogens (tertiary/aromatic N) is 2. The lowest BCUT2D eigenvalue weighted by molar-refractivity contribution is 1.27. The van der Waals surface area contributed by atoms with Gasteiger partial charge in [-0.1, -0.05) is 36.4 Å². The minimum atomic E-state index is 0.393. The highest BCUT2D eigenvalue weighted by Crippen LogP contribution is 2.26. The van der Waals surface area contributed by atoms with Gasteiger partial charge in [-0.3, -0.25) is 4.98 Å². The van der Waals surface area contributed by atoms with E-state index in [-0.39, 0.29) is 0 Å². The predicted molar refractivity (Wildman–Crippen MR) is 90.7 cm³/mol. The molecule has 0 spiro atoms. The van der Waals surface area contributed by atoms with Crippen LogP contribution in [0.25, 0.3) is 11.6 Å². The van der Waals surface area contributed by atoms with E-state index in [1.54, 1.807) is 18.3 Å². The summed E-state index contributed by atoms with van der Waals surface area (Å²) in [5, 5.41) is 0. The van der Waals surface area contributed by atoms with Crippen LogP contribution in [0.2, 0.25) is 0 Å². The van der Waals surface area contributed by atoms with Crippen molar-refractivity contribution in [3.05, 3.63) is 83.7 Å². The van der Waals surface area contributed by atoms with Crippen molar-refractivity contribution in [1.82, 2.24) is 9.97 Å². The quantitative estimate of drug-likeness (QED) is 0.775. The van der Waals surface area contributed by atoms with E-state index in [4.69, 9.17) is 11.5 Å². The average molecular weight is 288 g/mol. The van der Waals surface area contributed by atoms with Crippen LogP contribution in [-0.4, -0.2) is 9.97 Å². The molecule has 108 valence electrons. The van der Waals surface area contributed by atoms with Crippen LogP contribution in [0, 0.1) is 0 Å². The molecule has 0 aliphatic rings. The Kier molecular flexibility index (Phi) is 3.83. The zero-order chi connectivity index (χ0) is 15.4. The second kappa shape index (κ2) is 6.10. The van der Waals surface area contributed by atoms with E-state index in [0.29, 0.717) is 11.6 Å². The van der Waals surface area contributed by atoms with Gasteiger partial charge >= 0.3 is 0 Å². The van der Waals surface area contributed by atoms with Crippen molar-refractivity contribution in [2.24, 2.45) is 0 Å².